The molecule has 0 saturated carbocycles. The van der Waals surface area contributed by atoms with Gasteiger partial charge in [-0.2, -0.15) is 0 Å². The number of anilines is 2. The van der Waals surface area contributed by atoms with Gasteiger partial charge >= 0.3 is 0 Å². The van der Waals surface area contributed by atoms with Crippen molar-refractivity contribution in [1.82, 2.24) is 4.90 Å². The molecule has 0 radical (unpaired) electrons. The van der Waals surface area contributed by atoms with Crippen molar-refractivity contribution in [3.05, 3.63) is 12.1 Å². The number of nitrogen functional groups attached to an aromatic ring is 1. The van der Waals surface area contributed by atoms with E-state index in [1.807, 2.05) is 6.07 Å². The van der Waals surface area contributed by atoms with Gasteiger partial charge in [-0.05, 0) is 26.4 Å². The van der Waals surface area contributed by atoms with Crippen molar-refractivity contribution in [3.63, 3.8) is 0 Å². The quantitative estimate of drug-likeness (QED) is 0.844. The number of rotatable bonds is 2. The maximum absolute atomic E-state index is 6.29. The molecule has 1 aromatic carbocycles. The number of nitrogens with zero attached hydrogens (tertiary/aromatic N) is 2. The lowest BCUT2D eigenvalue weighted by Gasteiger charge is -2.34. The van der Waals surface area contributed by atoms with E-state index >= 15 is 0 Å². The number of hydrogen-bond donors (Lipinski definition) is 1. The number of ether oxygens (including phenoxy) is 2. The summed E-state index contributed by atoms with van der Waals surface area (Å²) in [5.74, 6) is 1.58. The summed E-state index contributed by atoms with van der Waals surface area (Å²) >= 11 is 0. The first-order valence-electron chi connectivity index (χ1n) is 7.83. The lowest BCUT2D eigenvalue weighted by atomic mass is 10.1. The standard InChI is InChI=1S/C16H25N3O2/c1-3-12-11-18(2)5-4-6-19(12)14-10-16-15(9-13(14)17)20-7-8-21-16/h9-10,12H,3-8,11,17H2,1-2H3. The zero-order valence-electron chi connectivity index (χ0n) is 13.0. The van der Waals surface area contributed by atoms with Crippen LogP contribution >= 0.6 is 0 Å². The molecule has 0 aromatic heterocycles. The highest BCUT2D eigenvalue weighted by atomic mass is 16.6. The third kappa shape index (κ3) is 2.88. The minimum atomic E-state index is 0.488. The van der Waals surface area contributed by atoms with Crippen LogP contribution in [0.4, 0.5) is 11.4 Å². The lowest BCUT2D eigenvalue weighted by molar-refractivity contribution is 0.171. The second kappa shape index (κ2) is 6.02. The van der Waals surface area contributed by atoms with E-state index in [4.69, 9.17) is 15.2 Å². The van der Waals surface area contributed by atoms with Gasteiger partial charge in [0.05, 0.1) is 11.4 Å². The molecule has 1 saturated heterocycles. The highest BCUT2D eigenvalue weighted by Crippen LogP contribution is 2.39. The fourth-order valence-electron chi connectivity index (χ4n) is 3.25. The van der Waals surface area contributed by atoms with Crippen molar-refractivity contribution < 1.29 is 9.47 Å². The summed E-state index contributed by atoms with van der Waals surface area (Å²) < 4.78 is 11.3. The Morgan fingerprint density at radius 1 is 1.19 bits per heavy atom. The molecule has 0 amide bonds. The second-order valence-electron chi connectivity index (χ2n) is 5.93. The molecule has 2 aliphatic heterocycles. The van der Waals surface area contributed by atoms with E-state index in [1.54, 1.807) is 0 Å². The fraction of sp³-hybridized carbons (Fsp3) is 0.625. The van der Waals surface area contributed by atoms with Crippen molar-refractivity contribution in [3.8, 4) is 11.5 Å². The van der Waals surface area contributed by atoms with E-state index in [1.165, 1.54) is 0 Å². The molecule has 0 aliphatic carbocycles. The Balaban J connectivity index is 1.93. The molecular weight excluding hydrogens is 266 g/mol. The zero-order chi connectivity index (χ0) is 14.8. The average molecular weight is 291 g/mol. The molecule has 5 heteroatoms. The minimum Gasteiger partial charge on any atom is -0.486 e. The number of likely N-dealkylation sites (N-methyl/N-ethyl adjacent to an activating group) is 1. The first-order chi connectivity index (χ1) is 10.2. The normalized spacial score (nSPS) is 23.0. The number of hydrogen-bond acceptors (Lipinski definition) is 5. The van der Waals surface area contributed by atoms with Gasteiger partial charge in [-0.15, -0.1) is 0 Å². The van der Waals surface area contributed by atoms with Crippen LogP contribution in [-0.2, 0) is 0 Å². The van der Waals surface area contributed by atoms with Gasteiger partial charge in [0.15, 0.2) is 11.5 Å². The Labute approximate surface area is 126 Å². The molecule has 2 heterocycles. The van der Waals surface area contributed by atoms with Crippen molar-refractivity contribution in [2.75, 3.05) is 50.5 Å². The van der Waals surface area contributed by atoms with Crippen LogP contribution in [0, 0.1) is 0 Å². The molecule has 21 heavy (non-hydrogen) atoms. The molecule has 2 N–H and O–H groups in total. The Kier molecular flexibility index (Phi) is 4.10. The zero-order valence-corrected chi connectivity index (χ0v) is 13.0. The number of benzene rings is 1. The summed E-state index contributed by atoms with van der Waals surface area (Å²) in [5, 5.41) is 0. The average Bonchev–Trinajstić information content (AvgIpc) is 2.67. The number of nitrogens with two attached hydrogens (primary N) is 1. The van der Waals surface area contributed by atoms with Crippen LogP contribution in [0.2, 0.25) is 0 Å². The molecule has 5 nitrogen and oxygen atoms in total. The van der Waals surface area contributed by atoms with Gasteiger partial charge in [0.1, 0.15) is 13.2 Å². The van der Waals surface area contributed by atoms with Crippen molar-refractivity contribution >= 4 is 11.4 Å². The molecule has 1 fully saturated rings. The van der Waals surface area contributed by atoms with Crippen molar-refractivity contribution in [1.29, 1.82) is 0 Å². The van der Waals surface area contributed by atoms with E-state index in [9.17, 15) is 0 Å². The van der Waals surface area contributed by atoms with Crippen molar-refractivity contribution in [2.24, 2.45) is 0 Å². The summed E-state index contributed by atoms with van der Waals surface area (Å²) in [4.78, 5) is 4.85. The molecule has 0 spiro atoms. The van der Waals surface area contributed by atoms with Gasteiger partial charge in [0.2, 0.25) is 0 Å². The topological polar surface area (TPSA) is 51.0 Å². The molecule has 1 atom stereocenters. The van der Waals surface area contributed by atoms with Crippen LogP contribution in [0.25, 0.3) is 0 Å². The predicted molar refractivity (Wildman–Crippen MR) is 85.4 cm³/mol. The molecular formula is C16H25N3O2. The highest BCUT2D eigenvalue weighted by molar-refractivity contribution is 5.73. The molecule has 3 rings (SSSR count). The molecule has 1 aromatic rings. The predicted octanol–water partition coefficient (Wildman–Crippen LogP) is 1.96. The van der Waals surface area contributed by atoms with Crippen LogP contribution < -0.4 is 20.1 Å². The molecule has 116 valence electrons. The maximum atomic E-state index is 6.29. The number of fused-ring (bicyclic) bond motifs is 1. The van der Waals surface area contributed by atoms with Crippen LogP contribution in [-0.4, -0.2) is 50.8 Å². The van der Waals surface area contributed by atoms with E-state index in [2.05, 4.69) is 29.8 Å². The summed E-state index contributed by atoms with van der Waals surface area (Å²) in [6, 6.07) is 4.45. The first-order valence-corrected chi connectivity index (χ1v) is 7.83. The van der Waals surface area contributed by atoms with Gasteiger partial charge in [-0.1, -0.05) is 6.92 Å². The monoisotopic (exact) mass is 291 g/mol. The minimum absolute atomic E-state index is 0.488. The van der Waals surface area contributed by atoms with Gasteiger partial charge < -0.3 is 25.0 Å². The van der Waals surface area contributed by atoms with Gasteiger partial charge in [0.25, 0.3) is 0 Å². The fourth-order valence-corrected chi connectivity index (χ4v) is 3.25. The second-order valence-corrected chi connectivity index (χ2v) is 5.93. The van der Waals surface area contributed by atoms with Gasteiger partial charge in [-0.3, -0.25) is 0 Å². The summed E-state index contributed by atoms with van der Waals surface area (Å²) in [7, 11) is 2.19. The summed E-state index contributed by atoms with van der Waals surface area (Å²) in [6.07, 6.45) is 2.26. The van der Waals surface area contributed by atoms with Crippen LogP contribution in [0.1, 0.15) is 19.8 Å². The van der Waals surface area contributed by atoms with Crippen LogP contribution in [0.5, 0.6) is 11.5 Å². The Hall–Kier alpha value is -1.62. The maximum Gasteiger partial charge on any atom is 0.163 e. The van der Waals surface area contributed by atoms with E-state index in [-0.39, 0.29) is 0 Å². The van der Waals surface area contributed by atoms with Crippen molar-refractivity contribution in [2.45, 2.75) is 25.8 Å². The molecule has 2 aliphatic rings. The highest BCUT2D eigenvalue weighted by Gasteiger charge is 2.25. The third-order valence-corrected chi connectivity index (χ3v) is 4.37. The van der Waals surface area contributed by atoms with Gasteiger partial charge in [-0.25, -0.2) is 0 Å². The lowest BCUT2D eigenvalue weighted by Crippen LogP contribution is -2.40. The van der Waals surface area contributed by atoms with Crippen LogP contribution in [0.3, 0.4) is 0 Å². The van der Waals surface area contributed by atoms with E-state index in [0.29, 0.717) is 19.3 Å². The Bertz CT molecular complexity index is 507. The molecule has 1 unspecified atom stereocenters. The largest absolute Gasteiger partial charge is 0.486 e. The molecule has 0 bridgehead atoms. The third-order valence-electron chi connectivity index (χ3n) is 4.37. The van der Waals surface area contributed by atoms with Gasteiger partial charge in [0, 0.05) is 31.3 Å². The SMILES string of the molecule is CCC1CN(C)CCCN1c1cc2c(cc1N)OCCO2. The Morgan fingerprint density at radius 3 is 2.62 bits per heavy atom. The Morgan fingerprint density at radius 2 is 1.90 bits per heavy atom. The smallest absolute Gasteiger partial charge is 0.163 e. The van der Waals surface area contributed by atoms with Crippen LogP contribution in [0.15, 0.2) is 12.1 Å². The summed E-state index contributed by atoms with van der Waals surface area (Å²) in [6.45, 7) is 6.69. The van der Waals surface area contributed by atoms with E-state index in [0.717, 1.165) is 55.3 Å². The summed E-state index contributed by atoms with van der Waals surface area (Å²) in [5.41, 5.74) is 8.15. The van der Waals surface area contributed by atoms with E-state index < -0.39 is 0 Å². The first kappa shape index (κ1) is 14.3.